The largest absolute Gasteiger partial charge is 0.314 e. The fraction of sp³-hybridized carbons (Fsp3) is 1.00. The van der Waals surface area contributed by atoms with Gasteiger partial charge in [0.15, 0.2) is 0 Å². The van der Waals surface area contributed by atoms with Crippen molar-refractivity contribution in [1.29, 1.82) is 0 Å². The second-order valence-electron chi connectivity index (χ2n) is 6.56. The molecule has 5 nitrogen and oxygen atoms in total. The minimum Gasteiger partial charge on any atom is -0.314 e. The standard InChI is InChI=1S/C14H29N3O2S/c1-12(2)15-8-5-9-16(3)20(18,19)17-10-13-6-4-7-14(13)11-17/h12-15H,4-11H2,1-3H3. The fourth-order valence-corrected chi connectivity index (χ4v) is 4.90. The van der Waals surface area contributed by atoms with Gasteiger partial charge in [-0.25, -0.2) is 0 Å². The molecule has 0 spiro atoms. The van der Waals surface area contributed by atoms with E-state index in [9.17, 15) is 8.42 Å². The Balaban J connectivity index is 1.80. The van der Waals surface area contributed by atoms with Crippen molar-refractivity contribution >= 4 is 10.2 Å². The summed E-state index contributed by atoms with van der Waals surface area (Å²) < 4.78 is 28.3. The molecule has 0 bridgehead atoms. The van der Waals surface area contributed by atoms with Crippen molar-refractivity contribution in [3.05, 3.63) is 0 Å². The first kappa shape index (κ1) is 16.2. The number of rotatable bonds is 7. The highest BCUT2D eigenvalue weighted by molar-refractivity contribution is 7.86. The molecule has 2 rings (SSSR count). The van der Waals surface area contributed by atoms with E-state index in [2.05, 4.69) is 19.2 Å². The Morgan fingerprint density at radius 1 is 1.25 bits per heavy atom. The molecule has 0 aromatic heterocycles. The predicted molar refractivity (Wildman–Crippen MR) is 81.7 cm³/mol. The summed E-state index contributed by atoms with van der Waals surface area (Å²) in [6.45, 7) is 7.13. The van der Waals surface area contributed by atoms with Gasteiger partial charge in [0.1, 0.15) is 0 Å². The Hall–Kier alpha value is -0.170. The molecule has 1 saturated carbocycles. The second-order valence-corrected chi connectivity index (χ2v) is 8.60. The Labute approximate surface area is 123 Å². The minimum atomic E-state index is -3.24. The summed E-state index contributed by atoms with van der Waals surface area (Å²) in [4.78, 5) is 0. The monoisotopic (exact) mass is 303 g/mol. The molecule has 0 aromatic carbocycles. The molecular weight excluding hydrogens is 274 g/mol. The van der Waals surface area contributed by atoms with Crippen molar-refractivity contribution in [1.82, 2.24) is 13.9 Å². The molecule has 2 aliphatic rings. The normalized spacial score (nSPS) is 27.6. The summed E-state index contributed by atoms with van der Waals surface area (Å²) in [7, 11) is -1.54. The van der Waals surface area contributed by atoms with Gasteiger partial charge in [0.05, 0.1) is 0 Å². The van der Waals surface area contributed by atoms with E-state index in [1.165, 1.54) is 23.6 Å². The van der Waals surface area contributed by atoms with Gasteiger partial charge in [0.2, 0.25) is 0 Å². The molecule has 1 aliphatic heterocycles. The van der Waals surface area contributed by atoms with E-state index >= 15 is 0 Å². The predicted octanol–water partition coefficient (Wildman–Crippen LogP) is 1.28. The van der Waals surface area contributed by atoms with Crippen LogP contribution in [0.2, 0.25) is 0 Å². The van der Waals surface area contributed by atoms with Gasteiger partial charge in [-0.1, -0.05) is 20.3 Å². The Bertz CT molecular complexity index is 399. The number of hydrogen-bond donors (Lipinski definition) is 1. The molecule has 1 heterocycles. The summed E-state index contributed by atoms with van der Waals surface area (Å²) in [6.07, 6.45) is 4.55. The van der Waals surface area contributed by atoms with Crippen LogP contribution in [-0.2, 0) is 10.2 Å². The molecule has 1 aliphatic carbocycles. The fourth-order valence-electron chi connectivity index (χ4n) is 3.39. The first-order valence-electron chi connectivity index (χ1n) is 7.86. The van der Waals surface area contributed by atoms with Crippen molar-refractivity contribution in [2.24, 2.45) is 11.8 Å². The lowest BCUT2D eigenvalue weighted by molar-refractivity contribution is 0.374. The lowest BCUT2D eigenvalue weighted by atomic mass is 10.0. The SMILES string of the molecule is CC(C)NCCCN(C)S(=O)(=O)N1CC2CCCC2C1. The van der Waals surface area contributed by atoms with Crippen molar-refractivity contribution in [2.75, 3.05) is 33.2 Å². The smallest absolute Gasteiger partial charge is 0.281 e. The van der Waals surface area contributed by atoms with Crippen molar-refractivity contribution in [3.8, 4) is 0 Å². The van der Waals surface area contributed by atoms with Gasteiger partial charge in [0, 0.05) is 32.7 Å². The first-order chi connectivity index (χ1) is 9.41. The zero-order valence-corrected chi connectivity index (χ0v) is 13.8. The molecule has 2 unspecified atom stereocenters. The van der Waals surface area contributed by atoms with Gasteiger partial charge in [-0.2, -0.15) is 17.0 Å². The van der Waals surface area contributed by atoms with E-state index in [0.717, 1.165) is 26.1 Å². The van der Waals surface area contributed by atoms with Crippen LogP contribution in [0, 0.1) is 11.8 Å². The summed E-state index contributed by atoms with van der Waals surface area (Å²) in [5.74, 6) is 1.22. The van der Waals surface area contributed by atoms with Crippen LogP contribution in [0.25, 0.3) is 0 Å². The zero-order chi connectivity index (χ0) is 14.8. The van der Waals surface area contributed by atoms with Crippen LogP contribution in [0.1, 0.15) is 39.5 Å². The number of hydrogen-bond acceptors (Lipinski definition) is 3. The van der Waals surface area contributed by atoms with Crippen LogP contribution in [0.4, 0.5) is 0 Å². The van der Waals surface area contributed by atoms with E-state index in [-0.39, 0.29) is 0 Å². The Kier molecular flexibility index (Phi) is 5.45. The molecule has 6 heteroatoms. The van der Waals surface area contributed by atoms with Gasteiger partial charge < -0.3 is 5.32 Å². The van der Waals surface area contributed by atoms with Gasteiger partial charge in [-0.15, -0.1) is 0 Å². The molecular formula is C14H29N3O2S. The lowest BCUT2D eigenvalue weighted by Gasteiger charge is -2.24. The van der Waals surface area contributed by atoms with E-state index in [4.69, 9.17) is 0 Å². The Morgan fingerprint density at radius 2 is 1.85 bits per heavy atom. The second kappa shape index (κ2) is 6.73. The average molecular weight is 303 g/mol. The highest BCUT2D eigenvalue weighted by Gasteiger charge is 2.41. The van der Waals surface area contributed by atoms with Crippen LogP contribution < -0.4 is 5.32 Å². The molecule has 0 amide bonds. The van der Waals surface area contributed by atoms with E-state index < -0.39 is 10.2 Å². The minimum absolute atomic E-state index is 0.454. The maximum absolute atomic E-state index is 12.5. The highest BCUT2D eigenvalue weighted by Crippen LogP contribution is 2.38. The third kappa shape index (κ3) is 3.72. The summed E-state index contributed by atoms with van der Waals surface area (Å²) >= 11 is 0. The van der Waals surface area contributed by atoms with Crippen LogP contribution in [-0.4, -0.2) is 56.3 Å². The average Bonchev–Trinajstić information content (AvgIpc) is 2.94. The Morgan fingerprint density at radius 3 is 2.40 bits per heavy atom. The molecule has 2 fully saturated rings. The molecule has 0 aromatic rings. The summed E-state index contributed by atoms with van der Waals surface area (Å²) in [6, 6.07) is 0.454. The van der Waals surface area contributed by atoms with Gasteiger partial charge in [0.25, 0.3) is 10.2 Å². The third-order valence-corrected chi connectivity index (χ3v) is 6.54. The van der Waals surface area contributed by atoms with Gasteiger partial charge >= 0.3 is 0 Å². The summed E-state index contributed by atoms with van der Waals surface area (Å²) in [5, 5.41) is 3.32. The molecule has 1 N–H and O–H groups in total. The number of nitrogens with one attached hydrogen (secondary N) is 1. The van der Waals surface area contributed by atoms with Crippen LogP contribution >= 0.6 is 0 Å². The number of fused-ring (bicyclic) bond motifs is 1. The van der Waals surface area contributed by atoms with E-state index in [0.29, 0.717) is 24.4 Å². The van der Waals surface area contributed by atoms with E-state index in [1.807, 2.05) is 0 Å². The van der Waals surface area contributed by atoms with Crippen LogP contribution in [0.3, 0.4) is 0 Å². The van der Waals surface area contributed by atoms with Crippen LogP contribution in [0.5, 0.6) is 0 Å². The topological polar surface area (TPSA) is 52.7 Å². The molecule has 20 heavy (non-hydrogen) atoms. The number of nitrogens with zero attached hydrogens (tertiary/aromatic N) is 2. The van der Waals surface area contributed by atoms with Crippen LogP contribution in [0.15, 0.2) is 0 Å². The van der Waals surface area contributed by atoms with Gasteiger partial charge in [-0.05, 0) is 37.6 Å². The molecule has 118 valence electrons. The molecule has 0 radical (unpaired) electrons. The first-order valence-corrected chi connectivity index (χ1v) is 9.25. The molecule has 1 saturated heterocycles. The van der Waals surface area contributed by atoms with E-state index in [1.54, 1.807) is 11.4 Å². The lowest BCUT2D eigenvalue weighted by Crippen LogP contribution is -2.42. The maximum atomic E-state index is 12.5. The quantitative estimate of drug-likeness (QED) is 0.721. The van der Waals surface area contributed by atoms with Crippen molar-refractivity contribution in [2.45, 2.75) is 45.6 Å². The zero-order valence-electron chi connectivity index (χ0n) is 13.0. The third-order valence-electron chi connectivity index (χ3n) is 4.62. The summed E-state index contributed by atoms with van der Waals surface area (Å²) in [5.41, 5.74) is 0. The van der Waals surface area contributed by atoms with Crippen molar-refractivity contribution in [3.63, 3.8) is 0 Å². The maximum Gasteiger partial charge on any atom is 0.281 e. The van der Waals surface area contributed by atoms with Crippen molar-refractivity contribution < 1.29 is 8.42 Å². The van der Waals surface area contributed by atoms with Gasteiger partial charge in [-0.3, -0.25) is 0 Å². The molecule has 2 atom stereocenters. The highest BCUT2D eigenvalue weighted by atomic mass is 32.2.